The highest BCUT2D eigenvalue weighted by Gasteiger charge is 2.39. The first-order valence-electron chi connectivity index (χ1n) is 12.3. The fourth-order valence-corrected chi connectivity index (χ4v) is 4.71. The van der Waals surface area contributed by atoms with Crippen molar-refractivity contribution in [2.24, 2.45) is 0 Å². The molecule has 2 N–H and O–H groups in total. The third-order valence-corrected chi connectivity index (χ3v) is 6.83. The molecule has 1 aromatic carbocycles. The minimum Gasteiger partial charge on any atom is -0.368 e. The van der Waals surface area contributed by atoms with Gasteiger partial charge >= 0.3 is 0 Å². The number of carbonyl (C=O) groups excluding carboxylic acids is 1. The van der Waals surface area contributed by atoms with Crippen LogP contribution in [0.25, 0.3) is 11.0 Å². The number of hydrogen-bond acceptors (Lipinski definition) is 7. The first kappa shape index (κ1) is 25.2. The van der Waals surface area contributed by atoms with Crippen LogP contribution in [0.15, 0.2) is 35.3 Å². The number of rotatable bonds is 6. The zero-order valence-corrected chi connectivity index (χ0v) is 20.4. The largest absolute Gasteiger partial charge is 0.368 e. The van der Waals surface area contributed by atoms with Crippen LogP contribution in [0.4, 0.5) is 18.9 Å². The van der Waals surface area contributed by atoms with Crippen molar-refractivity contribution >= 4 is 22.6 Å². The molecule has 37 heavy (non-hydrogen) atoms. The lowest BCUT2D eigenvalue weighted by molar-refractivity contribution is 0.00699. The summed E-state index contributed by atoms with van der Waals surface area (Å²) in [5, 5.41) is 1.21. The van der Waals surface area contributed by atoms with Gasteiger partial charge in [-0.25, -0.2) is 28.1 Å². The number of fused-ring (bicyclic) bond motifs is 1. The van der Waals surface area contributed by atoms with E-state index >= 15 is 4.39 Å². The SMILES string of the molecule is CCc1nc2ccc(CN3CCN(c4ccc(C(=O)NN5CCC(F)(F)C5)nc4)CC3)c(F)c2[nH]c1=O. The summed E-state index contributed by atoms with van der Waals surface area (Å²) in [6.07, 6.45) is 1.79. The van der Waals surface area contributed by atoms with Crippen molar-refractivity contribution in [3.05, 3.63) is 63.6 Å². The number of anilines is 1. The van der Waals surface area contributed by atoms with Gasteiger partial charge in [0.05, 0.1) is 23.9 Å². The van der Waals surface area contributed by atoms with E-state index in [4.69, 9.17) is 0 Å². The van der Waals surface area contributed by atoms with E-state index in [9.17, 15) is 18.4 Å². The Kier molecular flexibility index (Phi) is 6.86. The van der Waals surface area contributed by atoms with Crippen LogP contribution in [0.1, 0.15) is 35.1 Å². The minimum absolute atomic E-state index is 0.0961. The highest BCUT2D eigenvalue weighted by molar-refractivity contribution is 5.92. The summed E-state index contributed by atoms with van der Waals surface area (Å²) in [7, 11) is 0. The number of aromatic nitrogens is 3. The van der Waals surface area contributed by atoms with Crippen LogP contribution in [-0.2, 0) is 13.0 Å². The van der Waals surface area contributed by atoms with Crippen LogP contribution in [0.2, 0.25) is 0 Å². The summed E-state index contributed by atoms with van der Waals surface area (Å²) >= 11 is 0. The molecule has 4 heterocycles. The van der Waals surface area contributed by atoms with Crippen LogP contribution >= 0.6 is 0 Å². The zero-order valence-electron chi connectivity index (χ0n) is 20.4. The van der Waals surface area contributed by atoms with E-state index in [0.717, 1.165) is 5.69 Å². The summed E-state index contributed by atoms with van der Waals surface area (Å²) in [5.74, 6) is -3.77. The van der Waals surface area contributed by atoms with Crippen LogP contribution in [0, 0.1) is 5.82 Å². The van der Waals surface area contributed by atoms with Crippen LogP contribution in [0.5, 0.6) is 0 Å². The summed E-state index contributed by atoms with van der Waals surface area (Å²) in [5.41, 5.74) is 4.56. The maximum atomic E-state index is 15.1. The van der Waals surface area contributed by atoms with Crippen LogP contribution in [-0.4, -0.2) is 76.0 Å². The van der Waals surface area contributed by atoms with E-state index in [1.54, 1.807) is 30.5 Å². The van der Waals surface area contributed by atoms with E-state index in [2.05, 4.69) is 30.2 Å². The van der Waals surface area contributed by atoms with Gasteiger partial charge in [0.2, 0.25) is 0 Å². The number of carbonyl (C=O) groups is 1. The number of nitrogens with zero attached hydrogens (tertiary/aromatic N) is 5. The number of hydrazine groups is 1. The van der Waals surface area contributed by atoms with E-state index in [0.29, 0.717) is 55.9 Å². The smallest absolute Gasteiger partial charge is 0.284 e. The number of aryl methyl sites for hydroxylation is 1. The number of halogens is 3. The van der Waals surface area contributed by atoms with Crippen molar-refractivity contribution in [2.75, 3.05) is 44.2 Å². The lowest BCUT2D eigenvalue weighted by Crippen LogP contribution is -2.46. The van der Waals surface area contributed by atoms with Crippen molar-refractivity contribution in [1.29, 1.82) is 0 Å². The molecule has 3 aromatic rings. The van der Waals surface area contributed by atoms with Gasteiger partial charge in [0.15, 0.2) is 5.82 Å². The molecule has 9 nitrogen and oxygen atoms in total. The van der Waals surface area contributed by atoms with Crippen LogP contribution in [0.3, 0.4) is 0 Å². The Balaban J connectivity index is 1.17. The monoisotopic (exact) mass is 515 g/mol. The Morgan fingerprint density at radius 3 is 2.57 bits per heavy atom. The van der Waals surface area contributed by atoms with E-state index in [1.165, 1.54) is 5.01 Å². The predicted octanol–water partition coefficient (Wildman–Crippen LogP) is 2.33. The number of amides is 1. The number of alkyl halides is 2. The molecule has 0 aliphatic carbocycles. The molecule has 2 aliphatic rings. The fraction of sp³-hybridized carbons (Fsp3) is 0.440. The van der Waals surface area contributed by atoms with Crippen LogP contribution < -0.4 is 15.9 Å². The maximum absolute atomic E-state index is 15.1. The van der Waals surface area contributed by atoms with Gasteiger partial charge in [-0.1, -0.05) is 13.0 Å². The molecule has 0 unspecified atom stereocenters. The topological polar surface area (TPSA) is 97.5 Å². The number of aromatic amines is 1. The molecule has 0 radical (unpaired) electrons. The molecule has 0 bridgehead atoms. The molecule has 0 atom stereocenters. The number of piperazine rings is 1. The summed E-state index contributed by atoms with van der Waals surface area (Å²) < 4.78 is 41.8. The zero-order chi connectivity index (χ0) is 26.2. The molecule has 0 saturated carbocycles. The average molecular weight is 516 g/mol. The number of nitrogens with one attached hydrogen (secondary N) is 2. The van der Waals surface area contributed by atoms with Crippen molar-refractivity contribution in [2.45, 2.75) is 32.2 Å². The van der Waals surface area contributed by atoms with Gasteiger partial charge < -0.3 is 9.88 Å². The molecule has 12 heteroatoms. The lowest BCUT2D eigenvalue weighted by Gasteiger charge is -2.36. The predicted molar refractivity (Wildman–Crippen MR) is 132 cm³/mol. The summed E-state index contributed by atoms with van der Waals surface area (Å²) in [6.45, 7) is 4.57. The van der Waals surface area contributed by atoms with Crippen molar-refractivity contribution in [1.82, 2.24) is 30.3 Å². The van der Waals surface area contributed by atoms with Gasteiger partial charge in [-0.2, -0.15) is 0 Å². The molecular formula is C25H28F3N7O2. The minimum atomic E-state index is -2.79. The van der Waals surface area contributed by atoms with E-state index < -0.39 is 24.2 Å². The van der Waals surface area contributed by atoms with Gasteiger partial charge in [-0.15, -0.1) is 0 Å². The van der Waals surface area contributed by atoms with Crippen molar-refractivity contribution in [3.63, 3.8) is 0 Å². The Morgan fingerprint density at radius 2 is 1.92 bits per heavy atom. The normalized spacial score (nSPS) is 18.4. The second-order valence-corrected chi connectivity index (χ2v) is 9.43. The summed E-state index contributed by atoms with van der Waals surface area (Å²) in [6, 6.07) is 6.81. The van der Waals surface area contributed by atoms with Gasteiger partial charge in [0.1, 0.15) is 16.9 Å². The molecule has 2 aliphatic heterocycles. The van der Waals surface area contributed by atoms with E-state index in [1.807, 2.05) is 6.92 Å². The number of H-pyrrole nitrogens is 1. The van der Waals surface area contributed by atoms with Gasteiger partial charge in [0.25, 0.3) is 17.4 Å². The molecule has 0 spiro atoms. The second kappa shape index (κ2) is 10.1. The second-order valence-electron chi connectivity index (χ2n) is 9.43. The number of hydrogen-bond donors (Lipinski definition) is 2. The summed E-state index contributed by atoms with van der Waals surface area (Å²) in [4.78, 5) is 39.8. The molecule has 2 saturated heterocycles. The highest BCUT2D eigenvalue weighted by Crippen LogP contribution is 2.25. The Hall–Kier alpha value is -3.51. The average Bonchev–Trinajstić information content (AvgIpc) is 3.24. The number of pyridine rings is 1. The first-order chi connectivity index (χ1) is 17.7. The number of benzene rings is 1. The Bertz CT molecular complexity index is 1350. The molecule has 5 rings (SSSR count). The lowest BCUT2D eigenvalue weighted by atomic mass is 10.1. The molecule has 1 amide bonds. The van der Waals surface area contributed by atoms with Gasteiger partial charge in [0, 0.05) is 51.3 Å². The van der Waals surface area contributed by atoms with Crippen molar-refractivity contribution < 1.29 is 18.0 Å². The van der Waals surface area contributed by atoms with Crippen molar-refractivity contribution in [3.8, 4) is 0 Å². The van der Waals surface area contributed by atoms with E-state index in [-0.39, 0.29) is 29.7 Å². The molecule has 2 aromatic heterocycles. The maximum Gasteiger partial charge on any atom is 0.284 e. The van der Waals surface area contributed by atoms with Gasteiger partial charge in [-0.3, -0.25) is 19.9 Å². The Labute approximate surface area is 211 Å². The standard InChI is InChI=1S/C25H28F3N7O2/c1-2-18-23(36)31-22-19(30-18)5-3-16(21(22)26)14-33-9-11-34(12-10-33)17-4-6-20(29-13-17)24(37)32-35-8-7-25(27,28)15-35/h3-6,13H,2,7-12,14-15H2,1H3,(H,31,36)(H,32,37). The quantitative estimate of drug-likeness (QED) is 0.520. The Morgan fingerprint density at radius 1 is 1.14 bits per heavy atom. The highest BCUT2D eigenvalue weighted by atomic mass is 19.3. The fourth-order valence-electron chi connectivity index (χ4n) is 4.71. The molecule has 196 valence electrons. The molecular weight excluding hydrogens is 487 g/mol. The third kappa shape index (κ3) is 5.44. The first-order valence-corrected chi connectivity index (χ1v) is 12.3. The third-order valence-electron chi connectivity index (χ3n) is 6.83. The molecule has 2 fully saturated rings. The van der Waals surface area contributed by atoms with Gasteiger partial charge in [-0.05, 0) is 24.6 Å².